The van der Waals surface area contributed by atoms with E-state index >= 15 is 0 Å². The van der Waals surface area contributed by atoms with Gasteiger partial charge < -0.3 is 5.32 Å². The Morgan fingerprint density at radius 3 is 2.96 bits per heavy atom. The molecule has 2 aromatic rings. The van der Waals surface area contributed by atoms with Crippen LogP contribution in [0.3, 0.4) is 0 Å². The summed E-state index contributed by atoms with van der Waals surface area (Å²) < 4.78 is 0. The highest BCUT2D eigenvalue weighted by molar-refractivity contribution is 7.99. The van der Waals surface area contributed by atoms with E-state index in [9.17, 15) is 10.1 Å². The van der Waals surface area contributed by atoms with Gasteiger partial charge in [-0.2, -0.15) is 5.26 Å². The molecule has 0 radical (unpaired) electrons. The maximum absolute atomic E-state index is 12.2. The zero-order chi connectivity index (χ0) is 16.9. The van der Waals surface area contributed by atoms with Gasteiger partial charge in [0.05, 0.1) is 11.3 Å². The van der Waals surface area contributed by atoms with Crippen LogP contribution in [0.25, 0.3) is 0 Å². The Morgan fingerprint density at radius 1 is 1.42 bits per heavy atom. The molecule has 3 rings (SSSR count). The van der Waals surface area contributed by atoms with Gasteiger partial charge in [0, 0.05) is 10.6 Å². The molecule has 24 heavy (non-hydrogen) atoms. The number of nitriles is 1. The molecule has 3 nitrogen and oxygen atoms in total. The number of rotatable bonds is 5. The predicted octanol–water partition coefficient (Wildman–Crippen LogP) is 4.62. The number of amides is 1. The average molecular weight is 357 g/mol. The van der Waals surface area contributed by atoms with E-state index in [1.807, 2.05) is 18.2 Å². The van der Waals surface area contributed by atoms with Gasteiger partial charge in [0.2, 0.25) is 5.91 Å². The number of benzene rings is 1. The number of thioether (sulfide) groups is 1. The standard InChI is InChI=1S/C19H20N2OS2/c1-13-7-8-15-16(10-20)19(24-17(15)9-13)21-18(22)12-23-11-14-5-3-2-4-6-14/h2-6,13H,7-9,11-12H2,1H3,(H,21,22)/t13-/m1/s1. The highest BCUT2D eigenvalue weighted by Gasteiger charge is 2.24. The van der Waals surface area contributed by atoms with Crippen LogP contribution in [0.1, 0.15) is 34.9 Å². The summed E-state index contributed by atoms with van der Waals surface area (Å²) in [5.74, 6) is 1.85. The fourth-order valence-electron chi connectivity index (χ4n) is 2.96. The topological polar surface area (TPSA) is 52.9 Å². The summed E-state index contributed by atoms with van der Waals surface area (Å²) >= 11 is 3.18. The van der Waals surface area contributed by atoms with Crippen LogP contribution in [0, 0.1) is 17.2 Å². The third kappa shape index (κ3) is 4.00. The molecular formula is C19H20N2OS2. The molecule has 0 saturated carbocycles. The lowest BCUT2D eigenvalue weighted by atomic mass is 9.89. The third-order valence-corrected chi connectivity index (χ3v) is 6.39. The van der Waals surface area contributed by atoms with Gasteiger partial charge in [-0.1, -0.05) is 37.3 Å². The molecule has 1 aliphatic carbocycles. The van der Waals surface area contributed by atoms with Gasteiger partial charge in [-0.25, -0.2) is 0 Å². The molecule has 1 amide bonds. The Kier molecular flexibility index (Phi) is 5.60. The van der Waals surface area contributed by atoms with E-state index in [1.54, 1.807) is 23.1 Å². The first-order valence-electron chi connectivity index (χ1n) is 8.13. The maximum Gasteiger partial charge on any atom is 0.235 e. The highest BCUT2D eigenvalue weighted by Crippen LogP contribution is 2.39. The summed E-state index contributed by atoms with van der Waals surface area (Å²) in [6.07, 6.45) is 3.10. The monoisotopic (exact) mass is 356 g/mol. The fourth-order valence-corrected chi connectivity index (χ4v) is 5.12. The predicted molar refractivity (Wildman–Crippen MR) is 101 cm³/mol. The molecule has 0 bridgehead atoms. The lowest BCUT2D eigenvalue weighted by Gasteiger charge is -2.17. The van der Waals surface area contributed by atoms with Crippen LogP contribution in [0.5, 0.6) is 0 Å². The van der Waals surface area contributed by atoms with Crippen LogP contribution in [-0.4, -0.2) is 11.7 Å². The lowest BCUT2D eigenvalue weighted by Crippen LogP contribution is -2.14. The molecule has 0 spiro atoms. The van der Waals surface area contributed by atoms with Crippen molar-refractivity contribution in [1.29, 1.82) is 5.26 Å². The minimum Gasteiger partial charge on any atom is -0.316 e. The first-order chi connectivity index (χ1) is 11.7. The van der Waals surface area contributed by atoms with Crippen LogP contribution in [0.4, 0.5) is 5.00 Å². The van der Waals surface area contributed by atoms with Crippen molar-refractivity contribution >= 4 is 34.0 Å². The van der Waals surface area contributed by atoms with Gasteiger partial charge in [-0.05, 0) is 36.3 Å². The summed E-state index contributed by atoms with van der Waals surface area (Å²) in [5, 5.41) is 13.2. The van der Waals surface area contributed by atoms with Crippen LogP contribution in [0.2, 0.25) is 0 Å². The maximum atomic E-state index is 12.2. The van der Waals surface area contributed by atoms with Gasteiger partial charge in [-0.15, -0.1) is 23.1 Å². The molecule has 0 unspecified atom stereocenters. The van der Waals surface area contributed by atoms with E-state index in [1.165, 1.54) is 10.4 Å². The summed E-state index contributed by atoms with van der Waals surface area (Å²) in [4.78, 5) is 13.5. The summed E-state index contributed by atoms with van der Waals surface area (Å²) in [6, 6.07) is 12.4. The summed E-state index contributed by atoms with van der Waals surface area (Å²) in [7, 11) is 0. The number of hydrogen-bond donors (Lipinski definition) is 1. The quantitative estimate of drug-likeness (QED) is 0.851. The lowest BCUT2D eigenvalue weighted by molar-refractivity contribution is -0.113. The third-order valence-electron chi connectivity index (χ3n) is 4.22. The van der Waals surface area contributed by atoms with Crippen molar-refractivity contribution in [2.75, 3.05) is 11.1 Å². The SMILES string of the molecule is C[C@@H]1CCc2c(sc(NC(=O)CSCc3ccccc3)c2C#N)C1. The van der Waals surface area contributed by atoms with Crippen LogP contribution in [-0.2, 0) is 23.4 Å². The minimum absolute atomic E-state index is 0.0286. The van der Waals surface area contributed by atoms with Crippen molar-refractivity contribution in [2.45, 2.75) is 31.9 Å². The molecule has 0 fully saturated rings. The first-order valence-corrected chi connectivity index (χ1v) is 10.1. The molecule has 1 aromatic carbocycles. The molecule has 5 heteroatoms. The van der Waals surface area contributed by atoms with Gasteiger partial charge in [0.15, 0.2) is 0 Å². The Morgan fingerprint density at radius 2 is 2.21 bits per heavy atom. The number of hydrogen-bond acceptors (Lipinski definition) is 4. The number of carbonyl (C=O) groups excluding carboxylic acids is 1. The van der Waals surface area contributed by atoms with Crippen molar-refractivity contribution in [2.24, 2.45) is 5.92 Å². The molecule has 1 aliphatic rings. The number of nitrogens with zero attached hydrogens (tertiary/aromatic N) is 1. The summed E-state index contributed by atoms with van der Waals surface area (Å²) in [5.41, 5.74) is 3.06. The number of thiophene rings is 1. The average Bonchev–Trinajstić information content (AvgIpc) is 2.91. The molecule has 0 saturated heterocycles. The zero-order valence-electron chi connectivity index (χ0n) is 13.7. The molecule has 1 heterocycles. The van der Waals surface area contributed by atoms with Crippen molar-refractivity contribution in [1.82, 2.24) is 0 Å². The van der Waals surface area contributed by atoms with E-state index in [4.69, 9.17) is 0 Å². The van der Waals surface area contributed by atoms with E-state index in [0.717, 1.165) is 35.6 Å². The van der Waals surface area contributed by atoms with E-state index in [-0.39, 0.29) is 5.91 Å². The second-order valence-electron chi connectivity index (χ2n) is 6.19. The molecular weight excluding hydrogens is 336 g/mol. The zero-order valence-corrected chi connectivity index (χ0v) is 15.3. The fraction of sp³-hybridized carbons (Fsp3) is 0.368. The first kappa shape index (κ1) is 17.1. The highest BCUT2D eigenvalue weighted by atomic mass is 32.2. The molecule has 124 valence electrons. The summed E-state index contributed by atoms with van der Waals surface area (Å²) in [6.45, 7) is 2.24. The second kappa shape index (κ2) is 7.87. The van der Waals surface area contributed by atoms with Crippen molar-refractivity contribution in [3.8, 4) is 6.07 Å². The normalized spacial score (nSPS) is 16.2. The Labute approximate surface area is 151 Å². The molecule has 0 aliphatic heterocycles. The van der Waals surface area contributed by atoms with Gasteiger partial charge in [0.25, 0.3) is 0 Å². The molecule has 1 N–H and O–H groups in total. The van der Waals surface area contributed by atoms with Crippen molar-refractivity contribution in [3.05, 3.63) is 51.9 Å². The Balaban J connectivity index is 1.59. The number of carbonyl (C=O) groups is 1. The molecule has 1 aromatic heterocycles. The van der Waals surface area contributed by atoms with Gasteiger partial charge in [0.1, 0.15) is 11.1 Å². The van der Waals surface area contributed by atoms with Crippen LogP contribution in [0.15, 0.2) is 30.3 Å². The van der Waals surface area contributed by atoms with E-state index in [2.05, 4.69) is 30.4 Å². The van der Waals surface area contributed by atoms with E-state index < -0.39 is 0 Å². The Bertz CT molecular complexity index is 762. The van der Waals surface area contributed by atoms with Crippen LogP contribution < -0.4 is 5.32 Å². The minimum atomic E-state index is -0.0286. The number of anilines is 1. The Hall–Kier alpha value is -1.77. The van der Waals surface area contributed by atoms with E-state index in [0.29, 0.717) is 17.2 Å². The number of fused-ring (bicyclic) bond motifs is 1. The van der Waals surface area contributed by atoms with Gasteiger partial charge >= 0.3 is 0 Å². The second-order valence-corrected chi connectivity index (χ2v) is 8.29. The number of nitrogens with one attached hydrogen (secondary N) is 1. The smallest absolute Gasteiger partial charge is 0.235 e. The van der Waals surface area contributed by atoms with Crippen LogP contribution >= 0.6 is 23.1 Å². The van der Waals surface area contributed by atoms with Gasteiger partial charge in [-0.3, -0.25) is 4.79 Å². The van der Waals surface area contributed by atoms with Crippen molar-refractivity contribution < 1.29 is 4.79 Å². The largest absolute Gasteiger partial charge is 0.316 e. The van der Waals surface area contributed by atoms with Crippen molar-refractivity contribution in [3.63, 3.8) is 0 Å². The molecule has 1 atom stereocenters.